The Morgan fingerprint density at radius 3 is 2.25 bits per heavy atom. The molecular weight excluding hydrogens is 279 g/mol. The Morgan fingerprint density at radius 2 is 1.80 bits per heavy atom. The molecule has 0 fully saturated rings. The second-order valence-electron chi connectivity index (χ2n) is 3.84. The van der Waals surface area contributed by atoms with Crippen LogP contribution in [0.15, 0.2) is 24.3 Å². The van der Waals surface area contributed by atoms with Crippen molar-refractivity contribution in [1.29, 1.82) is 0 Å². The summed E-state index contributed by atoms with van der Waals surface area (Å²) in [4.78, 5) is 22.1. The third kappa shape index (κ3) is 5.57. The molecule has 0 spiro atoms. The first-order chi connectivity index (χ1) is 9.17. The van der Waals surface area contributed by atoms with Crippen molar-refractivity contribution >= 4 is 17.5 Å². The molecule has 0 saturated heterocycles. The van der Waals surface area contributed by atoms with Gasteiger partial charge >= 0.3 is 6.36 Å². The summed E-state index contributed by atoms with van der Waals surface area (Å²) in [6.07, 6.45) is -5.12. The first kappa shape index (κ1) is 15.8. The molecular formula is C11H12F3N3O3. The maximum Gasteiger partial charge on any atom is 0.573 e. The van der Waals surface area contributed by atoms with Crippen molar-refractivity contribution < 1.29 is 27.5 Å². The Labute approximate surface area is 111 Å². The average Bonchev–Trinajstić information content (AvgIpc) is 2.28. The number of carbonyl (C=O) groups excluding carboxylic acids is 2. The van der Waals surface area contributed by atoms with Crippen molar-refractivity contribution in [2.24, 2.45) is 11.5 Å². The first-order valence-electron chi connectivity index (χ1n) is 5.38. The van der Waals surface area contributed by atoms with Gasteiger partial charge in [-0.1, -0.05) is 0 Å². The summed E-state index contributed by atoms with van der Waals surface area (Å²) in [5.74, 6) is -1.83. The van der Waals surface area contributed by atoms with Crippen molar-refractivity contribution in [3.8, 4) is 5.75 Å². The monoisotopic (exact) mass is 291 g/mol. The zero-order valence-electron chi connectivity index (χ0n) is 10.1. The number of hydrogen-bond donors (Lipinski definition) is 3. The summed E-state index contributed by atoms with van der Waals surface area (Å²) in [5, 5.41) is 2.33. The van der Waals surface area contributed by atoms with Crippen molar-refractivity contribution in [2.75, 3.05) is 5.32 Å². The fourth-order valence-electron chi connectivity index (χ4n) is 1.28. The lowest BCUT2D eigenvalue weighted by atomic mass is 10.2. The van der Waals surface area contributed by atoms with E-state index in [-0.39, 0.29) is 12.1 Å². The number of rotatable bonds is 5. The lowest BCUT2D eigenvalue weighted by Crippen LogP contribution is -2.38. The maximum atomic E-state index is 11.9. The fourth-order valence-corrected chi connectivity index (χ4v) is 1.28. The van der Waals surface area contributed by atoms with Gasteiger partial charge in [0.15, 0.2) is 0 Å². The van der Waals surface area contributed by atoms with E-state index in [2.05, 4.69) is 10.1 Å². The number of carbonyl (C=O) groups is 2. The van der Waals surface area contributed by atoms with Crippen LogP contribution in [0.3, 0.4) is 0 Å². The summed E-state index contributed by atoms with van der Waals surface area (Å²) >= 11 is 0. The van der Waals surface area contributed by atoms with Gasteiger partial charge in [0.1, 0.15) is 5.75 Å². The second kappa shape index (κ2) is 6.24. The highest BCUT2D eigenvalue weighted by Gasteiger charge is 2.31. The van der Waals surface area contributed by atoms with E-state index in [1.807, 2.05) is 0 Å². The van der Waals surface area contributed by atoms with Gasteiger partial charge in [0.25, 0.3) is 0 Å². The van der Waals surface area contributed by atoms with Gasteiger partial charge in [-0.3, -0.25) is 9.59 Å². The molecule has 110 valence electrons. The summed E-state index contributed by atoms with van der Waals surface area (Å²) in [6.45, 7) is 0. The molecule has 0 aromatic heterocycles. The van der Waals surface area contributed by atoms with Crippen LogP contribution in [-0.2, 0) is 9.59 Å². The maximum absolute atomic E-state index is 11.9. The van der Waals surface area contributed by atoms with Gasteiger partial charge in [-0.05, 0) is 24.3 Å². The van der Waals surface area contributed by atoms with Crippen LogP contribution in [0, 0.1) is 0 Å². The number of amides is 2. The number of halogens is 3. The van der Waals surface area contributed by atoms with Crippen LogP contribution < -0.4 is 21.5 Å². The molecule has 0 aliphatic heterocycles. The Kier molecular flexibility index (Phi) is 4.92. The molecule has 1 rings (SSSR count). The predicted molar refractivity (Wildman–Crippen MR) is 63.5 cm³/mol. The number of primary amides is 1. The van der Waals surface area contributed by atoms with E-state index in [0.29, 0.717) is 0 Å². The molecule has 1 aromatic rings. The normalized spacial score (nSPS) is 12.6. The smallest absolute Gasteiger partial charge is 0.406 e. The number of nitrogens with two attached hydrogens (primary N) is 2. The zero-order chi connectivity index (χ0) is 15.3. The number of benzene rings is 1. The molecule has 2 amide bonds. The van der Waals surface area contributed by atoms with Crippen LogP contribution in [-0.4, -0.2) is 24.2 Å². The number of nitrogens with one attached hydrogen (secondary N) is 1. The fraction of sp³-hybridized carbons (Fsp3) is 0.273. The molecule has 0 bridgehead atoms. The van der Waals surface area contributed by atoms with Gasteiger partial charge in [-0.2, -0.15) is 0 Å². The molecule has 6 nitrogen and oxygen atoms in total. The molecule has 1 atom stereocenters. The molecule has 0 radical (unpaired) electrons. The highest BCUT2D eigenvalue weighted by Crippen LogP contribution is 2.23. The van der Waals surface area contributed by atoms with E-state index in [9.17, 15) is 22.8 Å². The van der Waals surface area contributed by atoms with Crippen molar-refractivity contribution in [3.05, 3.63) is 24.3 Å². The van der Waals surface area contributed by atoms with Gasteiger partial charge in [-0.15, -0.1) is 13.2 Å². The highest BCUT2D eigenvalue weighted by molar-refractivity contribution is 5.97. The van der Waals surface area contributed by atoms with Crippen LogP contribution in [0.5, 0.6) is 5.75 Å². The Morgan fingerprint density at radius 1 is 1.25 bits per heavy atom. The summed E-state index contributed by atoms with van der Waals surface area (Å²) < 4.78 is 39.4. The summed E-state index contributed by atoms with van der Waals surface area (Å²) in [6, 6.07) is 3.34. The lowest BCUT2D eigenvalue weighted by Gasteiger charge is -2.12. The number of anilines is 1. The minimum atomic E-state index is -4.78. The van der Waals surface area contributed by atoms with Gasteiger partial charge in [0, 0.05) is 5.69 Å². The predicted octanol–water partition coefficient (Wildman–Crippen LogP) is 0.726. The van der Waals surface area contributed by atoms with E-state index >= 15 is 0 Å². The van der Waals surface area contributed by atoms with Gasteiger partial charge in [-0.25, -0.2) is 0 Å². The van der Waals surface area contributed by atoms with E-state index in [1.54, 1.807) is 0 Å². The van der Waals surface area contributed by atoms with Crippen molar-refractivity contribution in [1.82, 2.24) is 0 Å². The van der Waals surface area contributed by atoms with E-state index in [1.165, 1.54) is 12.1 Å². The summed E-state index contributed by atoms with van der Waals surface area (Å²) in [5.41, 5.74) is 10.5. The molecule has 0 saturated carbocycles. The molecule has 0 aliphatic carbocycles. The van der Waals surface area contributed by atoms with E-state index < -0.39 is 30.0 Å². The number of alkyl halides is 3. The summed E-state index contributed by atoms with van der Waals surface area (Å²) in [7, 11) is 0. The van der Waals surface area contributed by atoms with Crippen LogP contribution in [0.2, 0.25) is 0 Å². The molecule has 5 N–H and O–H groups in total. The van der Waals surface area contributed by atoms with Crippen molar-refractivity contribution in [3.63, 3.8) is 0 Å². The van der Waals surface area contributed by atoms with Gasteiger partial charge < -0.3 is 21.5 Å². The number of hydrogen-bond acceptors (Lipinski definition) is 4. The van der Waals surface area contributed by atoms with Crippen LogP contribution >= 0.6 is 0 Å². The molecule has 20 heavy (non-hydrogen) atoms. The Balaban J connectivity index is 2.61. The Hall–Kier alpha value is -2.29. The largest absolute Gasteiger partial charge is 0.573 e. The second-order valence-corrected chi connectivity index (χ2v) is 3.84. The molecule has 9 heteroatoms. The zero-order valence-corrected chi connectivity index (χ0v) is 10.1. The third-order valence-corrected chi connectivity index (χ3v) is 2.11. The van der Waals surface area contributed by atoms with Crippen LogP contribution in [0.4, 0.5) is 18.9 Å². The average molecular weight is 291 g/mol. The van der Waals surface area contributed by atoms with Crippen molar-refractivity contribution in [2.45, 2.75) is 18.8 Å². The van der Waals surface area contributed by atoms with E-state index in [4.69, 9.17) is 11.5 Å². The molecule has 0 heterocycles. The first-order valence-corrected chi connectivity index (χ1v) is 5.38. The number of ether oxygens (including phenoxy) is 1. The SMILES string of the molecule is NC(=O)CC(N)C(=O)Nc1ccc(OC(F)(F)F)cc1. The third-order valence-electron chi connectivity index (χ3n) is 2.11. The van der Waals surface area contributed by atoms with Crippen LogP contribution in [0.1, 0.15) is 6.42 Å². The molecule has 0 aliphatic rings. The Bertz CT molecular complexity index is 488. The lowest BCUT2D eigenvalue weighted by molar-refractivity contribution is -0.274. The van der Waals surface area contributed by atoms with E-state index in [0.717, 1.165) is 12.1 Å². The molecule has 1 unspecified atom stereocenters. The minimum Gasteiger partial charge on any atom is -0.406 e. The van der Waals surface area contributed by atoms with Crippen LogP contribution in [0.25, 0.3) is 0 Å². The quantitative estimate of drug-likeness (QED) is 0.743. The molecule has 1 aromatic carbocycles. The highest BCUT2D eigenvalue weighted by atomic mass is 19.4. The topological polar surface area (TPSA) is 107 Å². The van der Waals surface area contributed by atoms with Gasteiger partial charge in [0.2, 0.25) is 11.8 Å². The minimum absolute atomic E-state index is 0.212. The standard InChI is InChI=1S/C11H12F3N3O3/c12-11(13,14)20-7-3-1-6(2-4-7)17-10(19)8(15)5-9(16)18/h1-4,8H,5,15H2,(H2,16,18)(H,17,19). The van der Waals surface area contributed by atoms with Gasteiger partial charge in [0.05, 0.1) is 12.5 Å².